The molecule has 0 bridgehead atoms. The molecular weight excluding hydrogens is 460 g/mol. The zero-order chi connectivity index (χ0) is 24.9. The van der Waals surface area contributed by atoms with Gasteiger partial charge in [0.05, 0.1) is 30.0 Å². The predicted molar refractivity (Wildman–Crippen MR) is 114 cm³/mol. The highest BCUT2D eigenvalue weighted by atomic mass is 19.4. The molecule has 0 atom stereocenters. The number of alkyl halides is 3. The van der Waals surface area contributed by atoms with Crippen molar-refractivity contribution in [2.75, 3.05) is 45.2 Å². The highest BCUT2D eigenvalue weighted by Gasteiger charge is 2.36. The molecular formula is C22H26F4N4O4. The van der Waals surface area contributed by atoms with Gasteiger partial charge in [-0.05, 0) is 25.0 Å². The molecule has 12 heteroatoms. The zero-order valence-electron chi connectivity index (χ0n) is 18.7. The van der Waals surface area contributed by atoms with Gasteiger partial charge >= 0.3 is 12.1 Å². The van der Waals surface area contributed by atoms with Crippen molar-refractivity contribution in [2.45, 2.75) is 32.5 Å². The number of aromatic nitrogens is 2. The molecule has 3 rings (SSSR count). The van der Waals surface area contributed by atoms with E-state index in [4.69, 9.17) is 15.2 Å². The summed E-state index contributed by atoms with van der Waals surface area (Å²) in [6.07, 6.45) is -3.87. The number of carbonyl (C=O) groups is 2. The number of aryl methyl sites for hydroxylation is 2. The molecule has 2 N–H and O–H groups in total. The van der Waals surface area contributed by atoms with E-state index in [1.165, 1.54) is 4.68 Å². The fourth-order valence-electron chi connectivity index (χ4n) is 3.68. The standard InChI is InChI=1S/C22H26F4N4O4/c1-2-16-18(20(27)30(28-16)8-4-7-29-9-11-33-12-10-29)21(32)34-13-17(31)14-5-3-6-15(19(14)23)22(24,25)26/h3,5-6H,2,4,7-13,27H2,1H3. The Hall–Kier alpha value is -2.99. The lowest BCUT2D eigenvalue weighted by Gasteiger charge is -2.26. The molecule has 186 valence electrons. The van der Waals surface area contributed by atoms with E-state index in [9.17, 15) is 27.2 Å². The molecule has 2 heterocycles. The maximum absolute atomic E-state index is 14.2. The van der Waals surface area contributed by atoms with Gasteiger partial charge in [0, 0.05) is 26.2 Å². The van der Waals surface area contributed by atoms with Gasteiger partial charge in [-0.25, -0.2) is 13.9 Å². The van der Waals surface area contributed by atoms with Gasteiger partial charge in [-0.3, -0.25) is 9.69 Å². The van der Waals surface area contributed by atoms with Crippen LogP contribution in [0.5, 0.6) is 0 Å². The Morgan fingerprint density at radius 2 is 1.91 bits per heavy atom. The lowest BCUT2D eigenvalue weighted by molar-refractivity contribution is -0.140. The van der Waals surface area contributed by atoms with Gasteiger partial charge in [-0.1, -0.05) is 13.0 Å². The summed E-state index contributed by atoms with van der Waals surface area (Å²) >= 11 is 0. The van der Waals surface area contributed by atoms with Crippen molar-refractivity contribution in [3.8, 4) is 0 Å². The summed E-state index contributed by atoms with van der Waals surface area (Å²) in [7, 11) is 0. The quantitative estimate of drug-likeness (QED) is 0.331. The third-order valence-corrected chi connectivity index (χ3v) is 5.49. The number of benzene rings is 1. The first-order valence-corrected chi connectivity index (χ1v) is 10.8. The largest absolute Gasteiger partial charge is 0.454 e. The monoisotopic (exact) mass is 486 g/mol. The topological polar surface area (TPSA) is 99.7 Å². The van der Waals surface area contributed by atoms with Crippen molar-refractivity contribution in [3.05, 3.63) is 46.4 Å². The highest BCUT2D eigenvalue weighted by molar-refractivity contribution is 6.01. The molecule has 1 fully saturated rings. The number of hydrogen-bond donors (Lipinski definition) is 1. The second-order valence-corrected chi connectivity index (χ2v) is 7.76. The molecule has 1 aromatic carbocycles. The van der Waals surface area contributed by atoms with Crippen LogP contribution >= 0.6 is 0 Å². The Balaban J connectivity index is 1.65. The van der Waals surface area contributed by atoms with E-state index in [0.29, 0.717) is 37.9 Å². The Labute approximate surface area is 193 Å². The number of Topliss-reactive ketones (excluding diaryl/α,β-unsaturated/α-hetero) is 1. The molecule has 1 aliphatic heterocycles. The molecule has 34 heavy (non-hydrogen) atoms. The number of esters is 1. The van der Waals surface area contributed by atoms with Crippen molar-refractivity contribution in [2.24, 2.45) is 0 Å². The van der Waals surface area contributed by atoms with Crippen LogP contribution < -0.4 is 5.73 Å². The smallest absolute Gasteiger partial charge is 0.419 e. The number of ether oxygens (including phenoxy) is 2. The maximum Gasteiger partial charge on any atom is 0.419 e. The summed E-state index contributed by atoms with van der Waals surface area (Å²) < 4.78 is 64.6. The molecule has 0 unspecified atom stereocenters. The van der Waals surface area contributed by atoms with Crippen molar-refractivity contribution in [1.82, 2.24) is 14.7 Å². The summed E-state index contributed by atoms with van der Waals surface area (Å²) in [5.74, 6) is -3.69. The maximum atomic E-state index is 14.2. The van der Waals surface area contributed by atoms with E-state index in [2.05, 4.69) is 10.00 Å². The Morgan fingerprint density at radius 3 is 2.56 bits per heavy atom. The number of nitrogen functional groups attached to an aromatic ring is 1. The molecule has 0 spiro atoms. The normalized spacial score (nSPS) is 14.9. The van der Waals surface area contributed by atoms with E-state index in [0.717, 1.165) is 38.2 Å². The Bertz CT molecular complexity index is 1030. The third kappa shape index (κ3) is 5.92. The van der Waals surface area contributed by atoms with Crippen LogP contribution in [0.4, 0.5) is 23.4 Å². The van der Waals surface area contributed by atoms with E-state index in [-0.39, 0.29) is 11.4 Å². The summed E-state index contributed by atoms with van der Waals surface area (Å²) in [4.78, 5) is 27.1. The van der Waals surface area contributed by atoms with Crippen molar-refractivity contribution in [1.29, 1.82) is 0 Å². The van der Waals surface area contributed by atoms with Gasteiger partial charge in [0.25, 0.3) is 0 Å². The first-order chi connectivity index (χ1) is 16.1. The van der Waals surface area contributed by atoms with Crippen molar-refractivity contribution >= 4 is 17.6 Å². The lowest BCUT2D eigenvalue weighted by Crippen LogP contribution is -2.37. The number of rotatable bonds is 9. The summed E-state index contributed by atoms with van der Waals surface area (Å²) in [6.45, 7) is 5.13. The molecule has 0 saturated carbocycles. The zero-order valence-corrected chi connectivity index (χ0v) is 18.7. The molecule has 1 saturated heterocycles. The van der Waals surface area contributed by atoms with E-state index in [1.807, 2.05) is 0 Å². The van der Waals surface area contributed by atoms with Crippen LogP contribution in [0.15, 0.2) is 18.2 Å². The van der Waals surface area contributed by atoms with E-state index >= 15 is 0 Å². The first-order valence-electron chi connectivity index (χ1n) is 10.8. The minimum absolute atomic E-state index is 0.00816. The molecule has 0 radical (unpaired) electrons. The van der Waals surface area contributed by atoms with Gasteiger partial charge in [-0.15, -0.1) is 0 Å². The van der Waals surface area contributed by atoms with Crippen LogP contribution in [0, 0.1) is 5.82 Å². The second kappa shape index (κ2) is 11.0. The lowest BCUT2D eigenvalue weighted by atomic mass is 10.1. The van der Waals surface area contributed by atoms with Crippen LogP contribution in [0.25, 0.3) is 0 Å². The number of hydrogen-bond acceptors (Lipinski definition) is 7. The van der Waals surface area contributed by atoms with Gasteiger partial charge in [0.15, 0.2) is 6.61 Å². The third-order valence-electron chi connectivity index (χ3n) is 5.49. The number of morpholine rings is 1. The minimum Gasteiger partial charge on any atom is -0.454 e. The van der Waals surface area contributed by atoms with Crippen LogP contribution in [0.3, 0.4) is 0 Å². The molecule has 1 aromatic heterocycles. The van der Waals surface area contributed by atoms with E-state index in [1.54, 1.807) is 6.92 Å². The first kappa shape index (κ1) is 25.6. The number of anilines is 1. The van der Waals surface area contributed by atoms with Crippen LogP contribution in [-0.2, 0) is 28.6 Å². The Kier molecular flexibility index (Phi) is 8.26. The average Bonchev–Trinajstić information content (AvgIpc) is 3.12. The van der Waals surface area contributed by atoms with Gasteiger partial charge in [0.1, 0.15) is 17.2 Å². The molecule has 2 aromatic rings. The number of halogens is 4. The number of nitrogens with two attached hydrogens (primary N) is 1. The van der Waals surface area contributed by atoms with Crippen molar-refractivity contribution < 1.29 is 36.6 Å². The Morgan fingerprint density at radius 1 is 1.21 bits per heavy atom. The minimum atomic E-state index is -4.96. The molecule has 0 aliphatic carbocycles. The van der Waals surface area contributed by atoms with Crippen LogP contribution in [0.1, 0.15) is 45.3 Å². The van der Waals surface area contributed by atoms with Crippen LogP contribution in [-0.4, -0.2) is 65.9 Å². The second-order valence-electron chi connectivity index (χ2n) is 7.76. The van der Waals surface area contributed by atoms with Gasteiger partial charge in [-0.2, -0.15) is 18.3 Å². The molecule has 8 nitrogen and oxygen atoms in total. The fraction of sp³-hybridized carbons (Fsp3) is 0.500. The molecule has 0 amide bonds. The average molecular weight is 486 g/mol. The van der Waals surface area contributed by atoms with Crippen molar-refractivity contribution in [3.63, 3.8) is 0 Å². The van der Waals surface area contributed by atoms with Gasteiger partial charge < -0.3 is 15.2 Å². The number of carbonyl (C=O) groups excluding carboxylic acids is 2. The number of nitrogens with zero attached hydrogens (tertiary/aromatic N) is 3. The summed E-state index contributed by atoms with van der Waals surface area (Å²) in [5.41, 5.74) is 4.08. The molecule has 1 aliphatic rings. The summed E-state index contributed by atoms with van der Waals surface area (Å²) in [5, 5.41) is 4.35. The van der Waals surface area contributed by atoms with E-state index < -0.39 is 41.5 Å². The van der Waals surface area contributed by atoms with Crippen LogP contribution in [0.2, 0.25) is 0 Å². The highest BCUT2D eigenvalue weighted by Crippen LogP contribution is 2.32. The number of ketones is 1. The SMILES string of the molecule is CCc1nn(CCCN2CCOCC2)c(N)c1C(=O)OCC(=O)c1cccc(C(F)(F)F)c1F. The fourth-order valence-corrected chi connectivity index (χ4v) is 3.68. The van der Waals surface area contributed by atoms with Gasteiger partial charge in [0.2, 0.25) is 5.78 Å². The predicted octanol–water partition coefficient (Wildman–Crippen LogP) is 2.95. The summed E-state index contributed by atoms with van der Waals surface area (Å²) in [6, 6.07) is 2.34.